The summed E-state index contributed by atoms with van der Waals surface area (Å²) >= 11 is 0. The van der Waals surface area contributed by atoms with E-state index in [2.05, 4.69) is 15.2 Å². The lowest BCUT2D eigenvalue weighted by Crippen LogP contribution is -2.44. The Morgan fingerprint density at radius 1 is 1.40 bits per heavy atom. The summed E-state index contributed by atoms with van der Waals surface area (Å²) in [5, 5.41) is 14.8. The minimum Gasteiger partial charge on any atom is -0.346 e. The van der Waals surface area contributed by atoms with E-state index in [0.29, 0.717) is 17.9 Å². The lowest BCUT2D eigenvalue weighted by Gasteiger charge is -2.30. The molecule has 108 valence electrons. The third kappa shape index (κ3) is 2.35. The normalized spacial score (nSPS) is 26.1. The monoisotopic (exact) mass is 276 g/mol. The first-order chi connectivity index (χ1) is 9.66. The van der Waals surface area contributed by atoms with E-state index in [9.17, 15) is 10.1 Å². The third-order valence-electron chi connectivity index (χ3n) is 4.32. The fraction of sp³-hybridized carbons (Fsp3) is 0.643. The van der Waals surface area contributed by atoms with E-state index in [1.54, 1.807) is 12.1 Å². The van der Waals surface area contributed by atoms with Crippen molar-refractivity contribution in [2.75, 3.05) is 18.0 Å². The fourth-order valence-electron chi connectivity index (χ4n) is 3.40. The largest absolute Gasteiger partial charge is 0.346 e. The molecular weight excluding hydrogens is 256 g/mol. The van der Waals surface area contributed by atoms with E-state index < -0.39 is 0 Å². The topological polar surface area (TPSA) is 71.3 Å². The molecular formula is C14H20N4O2. The molecule has 3 rings (SSSR count). The van der Waals surface area contributed by atoms with Crippen molar-refractivity contribution in [2.45, 2.75) is 44.7 Å². The van der Waals surface area contributed by atoms with Crippen molar-refractivity contribution in [3.63, 3.8) is 0 Å². The van der Waals surface area contributed by atoms with Crippen LogP contribution in [0.4, 0.5) is 11.5 Å². The van der Waals surface area contributed by atoms with Crippen molar-refractivity contribution in [2.24, 2.45) is 0 Å². The second-order valence-electron chi connectivity index (χ2n) is 5.66. The predicted molar refractivity (Wildman–Crippen MR) is 77.0 cm³/mol. The summed E-state index contributed by atoms with van der Waals surface area (Å²) in [5.41, 5.74) is 0.955. The van der Waals surface area contributed by atoms with E-state index in [0.717, 1.165) is 38.0 Å². The van der Waals surface area contributed by atoms with Gasteiger partial charge >= 0.3 is 5.69 Å². The van der Waals surface area contributed by atoms with E-state index in [1.165, 1.54) is 6.42 Å². The molecule has 1 aromatic heterocycles. The number of rotatable bonds is 3. The molecule has 20 heavy (non-hydrogen) atoms. The molecule has 0 aromatic carbocycles. The minimum absolute atomic E-state index is 0.125. The summed E-state index contributed by atoms with van der Waals surface area (Å²) in [7, 11) is 0. The third-order valence-corrected chi connectivity index (χ3v) is 4.32. The van der Waals surface area contributed by atoms with Crippen molar-refractivity contribution in [3.05, 3.63) is 27.9 Å². The Morgan fingerprint density at radius 3 is 2.95 bits per heavy atom. The standard InChI is InChI=1S/C14H20N4O2/c1-10-6-7-13(18(19)20)14(16-10)17-9-3-5-12(17)11-4-2-8-15-11/h6-7,11-12,15H,2-5,8-9H2,1H3. The predicted octanol–water partition coefficient (Wildman–Crippen LogP) is 2.02. The van der Waals surface area contributed by atoms with Crippen LogP contribution in [0.5, 0.6) is 0 Å². The van der Waals surface area contributed by atoms with Gasteiger partial charge in [-0.2, -0.15) is 0 Å². The van der Waals surface area contributed by atoms with Crippen molar-refractivity contribution in [1.29, 1.82) is 0 Å². The molecule has 0 saturated carbocycles. The summed E-state index contributed by atoms with van der Waals surface area (Å²) in [4.78, 5) is 17.5. The highest BCUT2D eigenvalue weighted by molar-refractivity contribution is 5.59. The first-order valence-corrected chi connectivity index (χ1v) is 7.29. The number of anilines is 1. The van der Waals surface area contributed by atoms with E-state index >= 15 is 0 Å². The molecule has 0 bridgehead atoms. The lowest BCUT2D eigenvalue weighted by atomic mass is 10.0. The van der Waals surface area contributed by atoms with Gasteiger partial charge in [0, 0.05) is 30.4 Å². The van der Waals surface area contributed by atoms with E-state index in [-0.39, 0.29) is 10.6 Å². The highest BCUT2D eigenvalue weighted by Gasteiger charge is 2.36. The highest BCUT2D eigenvalue weighted by Crippen LogP contribution is 2.34. The molecule has 6 nitrogen and oxygen atoms in total. The Morgan fingerprint density at radius 2 is 2.25 bits per heavy atom. The van der Waals surface area contributed by atoms with Crippen molar-refractivity contribution in [3.8, 4) is 0 Å². The van der Waals surface area contributed by atoms with Gasteiger partial charge in [0.15, 0.2) is 0 Å². The Balaban J connectivity index is 1.94. The molecule has 0 amide bonds. The summed E-state index contributed by atoms with van der Waals surface area (Å²) in [5.74, 6) is 0.547. The SMILES string of the molecule is Cc1ccc([N+](=O)[O-])c(N2CCCC2C2CCCN2)n1. The van der Waals surface area contributed by atoms with Crippen LogP contribution in [0.2, 0.25) is 0 Å². The van der Waals surface area contributed by atoms with Gasteiger partial charge in [-0.15, -0.1) is 0 Å². The minimum atomic E-state index is -0.320. The van der Waals surface area contributed by atoms with Gasteiger partial charge in [-0.25, -0.2) is 4.98 Å². The van der Waals surface area contributed by atoms with Crippen LogP contribution >= 0.6 is 0 Å². The lowest BCUT2D eigenvalue weighted by molar-refractivity contribution is -0.384. The molecule has 6 heteroatoms. The van der Waals surface area contributed by atoms with Gasteiger partial charge in [-0.3, -0.25) is 10.1 Å². The van der Waals surface area contributed by atoms with E-state index in [4.69, 9.17) is 0 Å². The molecule has 0 aliphatic carbocycles. The van der Waals surface area contributed by atoms with Crippen molar-refractivity contribution >= 4 is 11.5 Å². The summed E-state index contributed by atoms with van der Waals surface area (Å²) in [6.07, 6.45) is 4.51. The smallest absolute Gasteiger partial charge is 0.311 e. The number of hydrogen-bond acceptors (Lipinski definition) is 5. The zero-order valence-corrected chi connectivity index (χ0v) is 11.7. The molecule has 2 atom stereocenters. The Bertz CT molecular complexity index is 514. The molecule has 2 aliphatic rings. The summed E-state index contributed by atoms with van der Waals surface area (Å²) in [6, 6.07) is 4.07. The molecule has 2 unspecified atom stereocenters. The molecule has 0 radical (unpaired) electrons. The van der Waals surface area contributed by atoms with Gasteiger partial charge in [-0.1, -0.05) is 0 Å². The molecule has 0 spiro atoms. The maximum absolute atomic E-state index is 11.2. The van der Waals surface area contributed by atoms with Crippen LogP contribution in [0.3, 0.4) is 0 Å². The second-order valence-corrected chi connectivity index (χ2v) is 5.66. The van der Waals surface area contributed by atoms with Crippen molar-refractivity contribution in [1.82, 2.24) is 10.3 Å². The zero-order chi connectivity index (χ0) is 14.1. The molecule has 2 aliphatic heterocycles. The average molecular weight is 276 g/mol. The van der Waals surface area contributed by atoms with Crippen LogP contribution < -0.4 is 10.2 Å². The van der Waals surface area contributed by atoms with Gasteiger partial charge in [-0.05, 0) is 45.2 Å². The Labute approximate surface area is 118 Å². The van der Waals surface area contributed by atoms with Gasteiger partial charge in [0.05, 0.1) is 4.92 Å². The quantitative estimate of drug-likeness (QED) is 0.675. The van der Waals surface area contributed by atoms with E-state index in [1.807, 2.05) is 6.92 Å². The molecule has 2 saturated heterocycles. The molecule has 1 N–H and O–H groups in total. The number of nitro groups is 1. The molecule has 3 heterocycles. The Kier molecular flexibility index (Phi) is 3.56. The Hall–Kier alpha value is -1.69. The molecule has 2 fully saturated rings. The molecule has 1 aromatic rings. The van der Waals surface area contributed by atoms with Gasteiger partial charge < -0.3 is 10.2 Å². The first kappa shape index (κ1) is 13.3. The maximum Gasteiger partial charge on any atom is 0.311 e. The number of nitrogens with zero attached hydrogens (tertiary/aromatic N) is 3. The number of aromatic nitrogens is 1. The maximum atomic E-state index is 11.2. The summed E-state index contributed by atoms with van der Waals surface area (Å²) in [6.45, 7) is 3.80. The van der Waals surface area contributed by atoms with Crippen LogP contribution in [0.25, 0.3) is 0 Å². The van der Waals surface area contributed by atoms with Crippen molar-refractivity contribution < 1.29 is 4.92 Å². The van der Waals surface area contributed by atoms with Gasteiger partial charge in [0.2, 0.25) is 5.82 Å². The van der Waals surface area contributed by atoms with Crippen LogP contribution in [0, 0.1) is 17.0 Å². The second kappa shape index (κ2) is 5.36. The van der Waals surface area contributed by atoms with Gasteiger partial charge in [0.1, 0.15) is 0 Å². The van der Waals surface area contributed by atoms with Crippen LogP contribution in [-0.4, -0.2) is 35.1 Å². The van der Waals surface area contributed by atoms with Crippen LogP contribution in [0.1, 0.15) is 31.4 Å². The number of aryl methyl sites for hydroxylation is 1. The van der Waals surface area contributed by atoms with Gasteiger partial charge in [0.25, 0.3) is 0 Å². The van der Waals surface area contributed by atoms with Crippen LogP contribution in [-0.2, 0) is 0 Å². The number of hydrogen-bond donors (Lipinski definition) is 1. The highest BCUT2D eigenvalue weighted by atomic mass is 16.6. The first-order valence-electron chi connectivity index (χ1n) is 7.29. The summed E-state index contributed by atoms with van der Waals surface area (Å²) < 4.78 is 0. The van der Waals surface area contributed by atoms with Crippen LogP contribution in [0.15, 0.2) is 12.1 Å². The number of nitrogens with one attached hydrogen (secondary N) is 1. The fourth-order valence-corrected chi connectivity index (χ4v) is 3.40. The average Bonchev–Trinajstić information content (AvgIpc) is 3.09. The zero-order valence-electron chi connectivity index (χ0n) is 11.7. The number of pyridine rings is 1.